The van der Waals surface area contributed by atoms with E-state index in [-0.39, 0.29) is 43.1 Å². The molecular formula is C34H55N3O6. The smallest absolute Gasteiger partial charge is 0.241 e. The van der Waals surface area contributed by atoms with E-state index in [1.165, 1.54) is 16.2 Å². The number of carbonyl (C=O) groups is 3. The molecule has 2 fully saturated rings. The number of methoxy groups -OCH3 is 1. The maximum atomic E-state index is 13.9. The Kier molecular flexibility index (Phi) is 13.8. The highest BCUT2D eigenvalue weighted by Crippen LogP contribution is 2.37. The summed E-state index contributed by atoms with van der Waals surface area (Å²) in [4.78, 5) is 43.3. The first-order chi connectivity index (χ1) is 20.5. The number of nitrogens with one attached hydrogen (secondary N) is 1. The Bertz CT molecular complexity index is 1020. The lowest BCUT2D eigenvalue weighted by Gasteiger charge is -2.34. The van der Waals surface area contributed by atoms with Gasteiger partial charge in [-0.05, 0) is 54.7 Å². The molecule has 4 atom stereocenters. The summed E-state index contributed by atoms with van der Waals surface area (Å²) in [5.74, 6) is 0.427. The van der Waals surface area contributed by atoms with Crippen LogP contribution in [0.15, 0.2) is 24.3 Å². The van der Waals surface area contributed by atoms with E-state index in [0.717, 1.165) is 44.1 Å². The molecule has 3 N–H and O–H groups in total. The highest BCUT2D eigenvalue weighted by molar-refractivity contribution is 5.88. The molecule has 3 rings (SSSR count). The van der Waals surface area contributed by atoms with Gasteiger partial charge in [-0.25, -0.2) is 0 Å². The Hall–Kier alpha value is -2.65. The van der Waals surface area contributed by atoms with Crippen LogP contribution >= 0.6 is 0 Å². The van der Waals surface area contributed by atoms with Crippen molar-refractivity contribution in [3.63, 3.8) is 0 Å². The second kappa shape index (κ2) is 17.0. The van der Waals surface area contributed by atoms with E-state index in [2.05, 4.69) is 5.32 Å². The third-order valence-electron chi connectivity index (χ3n) is 8.98. The van der Waals surface area contributed by atoms with Crippen LogP contribution in [0, 0.1) is 23.7 Å². The van der Waals surface area contributed by atoms with Gasteiger partial charge < -0.3 is 30.1 Å². The van der Waals surface area contributed by atoms with Gasteiger partial charge in [0.25, 0.3) is 0 Å². The molecule has 2 saturated carbocycles. The predicted molar refractivity (Wildman–Crippen MR) is 167 cm³/mol. The van der Waals surface area contributed by atoms with Crippen molar-refractivity contribution >= 4 is 17.7 Å². The van der Waals surface area contributed by atoms with Gasteiger partial charge in [0.15, 0.2) is 0 Å². The standard InChI is InChI=1S/C34H55N3O6/c1-23(2)17-30(38)33(41)29(19-24-9-7-6-8-10-24)35-34(42)27(18-25-11-12-25)20-31(39)37(22-32(40)36(3)4)21-26-13-15-28(43-5)16-14-26/h13-16,23-25,27,29-30,33,38,41H,6-12,17-22H2,1-5H3,(H,35,42)/t27-,29+,30+,33-/m1/s1. The lowest BCUT2D eigenvalue weighted by molar-refractivity contribution is -0.142. The number of hydrogen-bond acceptors (Lipinski definition) is 6. The summed E-state index contributed by atoms with van der Waals surface area (Å²) < 4.78 is 5.25. The molecule has 2 aliphatic carbocycles. The molecule has 0 bridgehead atoms. The van der Waals surface area contributed by atoms with E-state index < -0.39 is 24.2 Å². The minimum atomic E-state index is -1.07. The Labute approximate surface area is 258 Å². The topological polar surface area (TPSA) is 119 Å². The lowest BCUT2D eigenvalue weighted by Crippen LogP contribution is -2.51. The molecule has 3 amide bonds. The van der Waals surface area contributed by atoms with Crippen LogP contribution in [0.5, 0.6) is 5.75 Å². The molecule has 0 radical (unpaired) electrons. The van der Waals surface area contributed by atoms with E-state index in [1.807, 2.05) is 38.1 Å². The van der Waals surface area contributed by atoms with Crippen LogP contribution in [0.4, 0.5) is 0 Å². The van der Waals surface area contributed by atoms with Crippen molar-refractivity contribution in [3.05, 3.63) is 29.8 Å². The summed E-state index contributed by atoms with van der Waals surface area (Å²) in [5, 5.41) is 25.1. The third-order valence-corrected chi connectivity index (χ3v) is 8.98. The fraction of sp³-hybridized carbons (Fsp3) is 0.735. The second-order valence-corrected chi connectivity index (χ2v) is 13.5. The number of amides is 3. The van der Waals surface area contributed by atoms with Gasteiger partial charge in [-0.15, -0.1) is 0 Å². The summed E-state index contributed by atoms with van der Waals surface area (Å²) in [6.07, 6.45) is 7.32. The summed E-state index contributed by atoms with van der Waals surface area (Å²) in [6, 6.07) is 6.80. The molecule has 0 aromatic heterocycles. The van der Waals surface area contributed by atoms with E-state index in [0.29, 0.717) is 36.8 Å². The number of hydrogen-bond donors (Lipinski definition) is 3. The van der Waals surface area contributed by atoms with Gasteiger partial charge in [-0.2, -0.15) is 0 Å². The molecule has 1 aromatic rings. The summed E-state index contributed by atoms with van der Waals surface area (Å²) >= 11 is 0. The number of rotatable bonds is 17. The Morgan fingerprint density at radius 1 is 0.930 bits per heavy atom. The van der Waals surface area contributed by atoms with E-state index in [1.54, 1.807) is 21.2 Å². The molecule has 9 heteroatoms. The Balaban J connectivity index is 1.77. The van der Waals surface area contributed by atoms with Crippen molar-refractivity contribution in [1.82, 2.24) is 15.1 Å². The molecule has 0 heterocycles. The molecule has 0 aliphatic heterocycles. The number of likely N-dealkylation sites (N-methyl/N-ethyl adjacent to an activating group) is 1. The Morgan fingerprint density at radius 3 is 2.12 bits per heavy atom. The van der Waals surface area contributed by atoms with Crippen molar-refractivity contribution in [3.8, 4) is 5.75 Å². The maximum absolute atomic E-state index is 13.9. The number of carbonyl (C=O) groups excluding carboxylic acids is 3. The fourth-order valence-electron chi connectivity index (χ4n) is 6.12. The van der Waals surface area contributed by atoms with E-state index in [9.17, 15) is 24.6 Å². The van der Waals surface area contributed by atoms with Crippen LogP contribution in [0.1, 0.15) is 90.0 Å². The zero-order valence-corrected chi connectivity index (χ0v) is 27.0. The lowest BCUT2D eigenvalue weighted by atomic mass is 9.82. The molecule has 242 valence electrons. The van der Waals surface area contributed by atoms with Crippen molar-refractivity contribution in [2.45, 2.75) is 109 Å². The molecule has 9 nitrogen and oxygen atoms in total. The molecule has 0 unspecified atom stereocenters. The predicted octanol–water partition coefficient (Wildman–Crippen LogP) is 4.14. The normalized spacial score (nSPS) is 18.4. The maximum Gasteiger partial charge on any atom is 0.241 e. The van der Waals surface area contributed by atoms with Crippen LogP contribution < -0.4 is 10.1 Å². The van der Waals surface area contributed by atoms with Gasteiger partial charge in [-0.3, -0.25) is 14.4 Å². The first kappa shape index (κ1) is 34.8. The van der Waals surface area contributed by atoms with Crippen LogP contribution in [0.3, 0.4) is 0 Å². The second-order valence-electron chi connectivity index (χ2n) is 13.5. The molecule has 1 aromatic carbocycles. The first-order valence-corrected chi connectivity index (χ1v) is 16.2. The minimum absolute atomic E-state index is 0.0139. The number of benzene rings is 1. The summed E-state index contributed by atoms with van der Waals surface area (Å²) in [7, 11) is 4.91. The zero-order chi connectivity index (χ0) is 31.5. The van der Waals surface area contributed by atoms with Crippen molar-refractivity contribution in [2.75, 3.05) is 27.7 Å². The quantitative estimate of drug-likeness (QED) is 0.247. The molecule has 0 spiro atoms. The number of nitrogens with zero attached hydrogens (tertiary/aromatic N) is 2. The molecule has 2 aliphatic rings. The number of aliphatic hydroxyl groups is 2. The van der Waals surface area contributed by atoms with Crippen LogP contribution in [0.2, 0.25) is 0 Å². The average molecular weight is 602 g/mol. The first-order valence-electron chi connectivity index (χ1n) is 16.2. The van der Waals surface area contributed by atoms with Crippen LogP contribution in [0.25, 0.3) is 0 Å². The fourth-order valence-corrected chi connectivity index (χ4v) is 6.12. The zero-order valence-electron chi connectivity index (χ0n) is 27.0. The van der Waals surface area contributed by atoms with Gasteiger partial charge in [0, 0.05) is 33.0 Å². The highest BCUT2D eigenvalue weighted by Gasteiger charge is 2.36. The minimum Gasteiger partial charge on any atom is -0.497 e. The van der Waals surface area contributed by atoms with E-state index in [4.69, 9.17) is 4.74 Å². The summed E-state index contributed by atoms with van der Waals surface area (Å²) in [6.45, 7) is 4.16. The monoisotopic (exact) mass is 601 g/mol. The van der Waals surface area contributed by atoms with Gasteiger partial charge in [0.2, 0.25) is 17.7 Å². The van der Waals surface area contributed by atoms with Crippen LogP contribution in [-0.2, 0) is 20.9 Å². The van der Waals surface area contributed by atoms with Crippen molar-refractivity contribution < 1.29 is 29.3 Å². The van der Waals surface area contributed by atoms with Gasteiger partial charge >= 0.3 is 0 Å². The highest BCUT2D eigenvalue weighted by atomic mass is 16.5. The Morgan fingerprint density at radius 2 is 1.56 bits per heavy atom. The summed E-state index contributed by atoms with van der Waals surface area (Å²) in [5.41, 5.74) is 0.860. The van der Waals surface area contributed by atoms with Crippen molar-refractivity contribution in [2.24, 2.45) is 23.7 Å². The molecule has 0 saturated heterocycles. The average Bonchev–Trinajstić information content (AvgIpc) is 3.80. The third kappa shape index (κ3) is 11.8. The largest absolute Gasteiger partial charge is 0.497 e. The van der Waals surface area contributed by atoms with Gasteiger partial charge in [0.1, 0.15) is 18.4 Å². The molecule has 43 heavy (non-hydrogen) atoms. The number of ether oxygens (including phenoxy) is 1. The number of aliphatic hydroxyl groups excluding tert-OH is 2. The SMILES string of the molecule is COc1ccc(CN(CC(=O)N(C)C)C(=O)C[C@@H](CC2CC2)C(=O)N[C@@H](CC2CCCCC2)[C@@H](O)[C@@H](O)CC(C)C)cc1. The molecular weight excluding hydrogens is 546 g/mol. The van der Waals surface area contributed by atoms with Crippen molar-refractivity contribution in [1.29, 1.82) is 0 Å². The van der Waals surface area contributed by atoms with Gasteiger partial charge in [0.05, 0.1) is 19.3 Å². The van der Waals surface area contributed by atoms with Crippen LogP contribution in [-0.4, -0.2) is 83.7 Å². The van der Waals surface area contributed by atoms with E-state index >= 15 is 0 Å². The van der Waals surface area contributed by atoms with Gasteiger partial charge in [-0.1, -0.05) is 70.9 Å².